The van der Waals surface area contributed by atoms with Crippen molar-refractivity contribution in [2.75, 3.05) is 6.54 Å². The van der Waals surface area contributed by atoms with Crippen LogP contribution in [0.2, 0.25) is 0 Å². The molecule has 1 saturated carbocycles. The number of nitrogens with two attached hydrogens (primary N) is 1. The van der Waals surface area contributed by atoms with E-state index in [9.17, 15) is 9.59 Å². The van der Waals surface area contributed by atoms with E-state index in [0.717, 1.165) is 12.8 Å². The lowest BCUT2D eigenvalue weighted by molar-refractivity contribution is 0.0949. The van der Waals surface area contributed by atoms with Crippen molar-refractivity contribution >= 4 is 5.91 Å². The first-order valence-corrected chi connectivity index (χ1v) is 7.33. The Balaban J connectivity index is 1.71. The third-order valence-corrected chi connectivity index (χ3v) is 3.82. The van der Waals surface area contributed by atoms with Crippen LogP contribution in [0.4, 0.5) is 0 Å². The monoisotopic (exact) mass is 298 g/mol. The maximum Gasteiger partial charge on any atom is 0.261 e. The number of amides is 1. The molecular weight excluding hydrogens is 280 g/mol. The first kappa shape index (κ1) is 14.5. The van der Waals surface area contributed by atoms with E-state index in [2.05, 4.69) is 15.3 Å². The molecule has 0 bridgehead atoms. The number of nitrogens with one attached hydrogen (secondary N) is 2. The van der Waals surface area contributed by atoms with Crippen LogP contribution in [-0.4, -0.2) is 28.5 Å². The molecule has 0 aromatic carbocycles. The highest BCUT2D eigenvalue weighted by Gasteiger charge is 2.28. The maximum atomic E-state index is 12.1. The Kier molecular flexibility index (Phi) is 4.02. The molecule has 0 spiro atoms. The Morgan fingerprint density at radius 3 is 2.82 bits per heavy atom. The molecule has 4 N–H and O–H groups in total. The molecule has 6 heteroatoms. The molecule has 2 aromatic rings. The van der Waals surface area contributed by atoms with Crippen molar-refractivity contribution in [2.45, 2.75) is 18.9 Å². The molecule has 1 fully saturated rings. The fourth-order valence-electron chi connectivity index (χ4n) is 2.32. The van der Waals surface area contributed by atoms with Crippen LogP contribution in [0.1, 0.15) is 23.2 Å². The molecule has 2 heterocycles. The summed E-state index contributed by atoms with van der Waals surface area (Å²) in [4.78, 5) is 31.0. The minimum Gasteiger partial charge on any atom is -0.350 e. The SMILES string of the molecule is NC(CNC(=O)c1ccc(-c2ccccn2)[nH]c1=O)C1CC1. The molecule has 6 nitrogen and oxygen atoms in total. The molecule has 1 unspecified atom stereocenters. The fourth-order valence-corrected chi connectivity index (χ4v) is 2.32. The maximum absolute atomic E-state index is 12.1. The Morgan fingerprint density at radius 1 is 1.36 bits per heavy atom. The third-order valence-electron chi connectivity index (χ3n) is 3.82. The van der Waals surface area contributed by atoms with E-state index in [1.54, 1.807) is 24.4 Å². The summed E-state index contributed by atoms with van der Waals surface area (Å²) in [5.41, 5.74) is 6.83. The van der Waals surface area contributed by atoms with E-state index in [1.807, 2.05) is 6.07 Å². The Morgan fingerprint density at radius 2 is 2.18 bits per heavy atom. The molecule has 2 aromatic heterocycles. The van der Waals surface area contributed by atoms with E-state index in [4.69, 9.17) is 5.73 Å². The van der Waals surface area contributed by atoms with Crippen molar-refractivity contribution in [3.05, 3.63) is 52.4 Å². The van der Waals surface area contributed by atoms with Gasteiger partial charge < -0.3 is 16.0 Å². The zero-order chi connectivity index (χ0) is 15.5. The number of carbonyl (C=O) groups is 1. The van der Waals surface area contributed by atoms with Crippen LogP contribution < -0.4 is 16.6 Å². The largest absolute Gasteiger partial charge is 0.350 e. The van der Waals surface area contributed by atoms with Gasteiger partial charge in [-0.15, -0.1) is 0 Å². The van der Waals surface area contributed by atoms with E-state index in [0.29, 0.717) is 23.9 Å². The number of hydrogen-bond acceptors (Lipinski definition) is 4. The number of H-pyrrole nitrogens is 1. The molecule has 22 heavy (non-hydrogen) atoms. The van der Waals surface area contributed by atoms with Crippen LogP contribution in [-0.2, 0) is 0 Å². The van der Waals surface area contributed by atoms with Crippen molar-refractivity contribution in [3.63, 3.8) is 0 Å². The lowest BCUT2D eigenvalue weighted by Crippen LogP contribution is -2.40. The summed E-state index contributed by atoms with van der Waals surface area (Å²) < 4.78 is 0. The average Bonchev–Trinajstić information content (AvgIpc) is 3.38. The predicted molar refractivity (Wildman–Crippen MR) is 83.3 cm³/mol. The van der Waals surface area contributed by atoms with Crippen LogP contribution in [0.15, 0.2) is 41.3 Å². The third kappa shape index (κ3) is 3.23. The Labute approximate surface area is 127 Å². The van der Waals surface area contributed by atoms with Gasteiger partial charge in [0, 0.05) is 18.8 Å². The highest BCUT2D eigenvalue weighted by molar-refractivity contribution is 5.94. The van der Waals surface area contributed by atoms with Crippen molar-refractivity contribution in [3.8, 4) is 11.4 Å². The standard InChI is InChI=1S/C16H18N4O2/c17-12(10-4-5-10)9-19-15(21)11-6-7-14(20-16(11)22)13-3-1-2-8-18-13/h1-3,6-8,10,12H,4-5,9,17H2,(H,19,21)(H,20,22). The van der Waals surface area contributed by atoms with E-state index in [1.165, 1.54) is 6.07 Å². The van der Waals surface area contributed by atoms with E-state index in [-0.39, 0.29) is 11.6 Å². The number of hydrogen-bond donors (Lipinski definition) is 3. The number of aromatic nitrogens is 2. The van der Waals surface area contributed by atoms with Gasteiger partial charge in [-0.2, -0.15) is 0 Å². The number of rotatable bonds is 5. The molecular formula is C16H18N4O2. The van der Waals surface area contributed by atoms with Gasteiger partial charge in [-0.1, -0.05) is 6.07 Å². The lowest BCUT2D eigenvalue weighted by Gasteiger charge is -2.11. The van der Waals surface area contributed by atoms with Gasteiger partial charge in [0.2, 0.25) is 0 Å². The number of aromatic amines is 1. The van der Waals surface area contributed by atoms with Crippen molar-refractivity contribution in [1.82, 2.24) is 15.3 Å². The second kappa shape index (κ2) is 6.11. The molecule has 1 aliphatic rings. The Hall–Kier alpha value is -2.47. The lowest BCUT2D eigenvalue weighted by atomic mass is 10.1. The summed E-state index contributed by atoms with van der Waals surface area (Å²) in [6, 6.07) is 8.59. The van der Waals surface area contributed by atoms with Gasteiger partial charge in [0.1, 0.15) is 5.56 Å². The molecule has 114 valence electrons. The van der Waals surface area contributed by atoms with E-state index >= 15 is 0 Å². The highest BCUT2D eigenvalue weighted by atomic mass is 16.2. The van der Waals surface area contributed by atoms with Crippen LogP contribution in [0.5, 0.6) is 0 Å². The van der Waals surface area contributed by atoms with E-state index < -0.39 is 11.5 Å². The fraction of sp³-hybridized carbons (Fsp3) is 0.312. The van der Waals surface area contributed by atoms with Gasteiger partial charge in [0.05, 0.1) is 11.4 Å². The highest BCUT2D eigenvalue weighted by Crippen LogP contribution is 2.31. The minimum absolute atomic E-state index is 0.0316. The zero-order valence-electron chi connectivity index (χ0n) is 12.1. The number of pyridine rings is 2. The number of carbonyl (C=O) groups excluding carboxylic acids is 1. The van der Waals surface area contributed by atoms with Crippen LogP contribution in [0, 0.1) is 5.92 Å². The van der Waals surface area contributed by atoms with Gasteiger partial charge in [-0.05, 0) is 43.0 Å². The molecule has 0 saturated heterocycles. The average molecular weight is 298 g/mol. The summed E-state index contributed by atoms with van der Waals surface area (Å²) >= 11 is 0. The topological polar surface area (TPSA) is 101 Å². The molecule has 0 radical (unpaired) electrons. The minimum atomic E-state index is -0.430. The first-order chi connectivity index (χ1) is 10.6. The van der Waals surface area contributed by atoms with Crippen molar-refractivity contribution in [1.29, 1.82) is 0 Å². The molecule has 3 rings (SSSR count). The molecule has 1 atom stereocenters. The summed E-state index contributed by atoms with van der Waals surface area (Å²) in [5, 5.41) is 2.72. The molecule has 1 aliphatic carbocycles. The van der Waals surface area contributed by atoms with Gasteiger partial charge >= 0.3 is 0 Å². The van der Waals surface area contributed by atoms with Crippen LogP contribution >= 0.6 is 0 Å². The summed E-state index contributed by atoms with van der Waals surface area (Å²) in [7, 11) is 0. The van der Waals surface area contributed by atoms with Crippen LogP contribution in [0.25, 0.3) is 11.4 Å². The summed E-state index contributed by atoms with van der Waals surface area (Å²) in [5.74, 6) is 0.107. The second-order valence-corrected chi connectivity index (χ2v) is 5.54. The smallest absolute Gasteiger partial charge is 0.261 e. The van der Waals surface area contributed by atoms with Crippen molar-refractivity contribution < 1.29 is 4.79 Å². The number of nitrogens with zero attached hydrogens (tertiary/aromatic N) is 1. The normalized spacial score (nSPS) is 15.3. The van der Waals surface area contributed by atoms with Gasteiger partial charge in [0.25, 0.3) is 11.5 Å². The quantitative estimate of drug-likeness (QED) is 0.763. The van der Waals surface area contributed by atoms with Gasteiger partial charge in [0.15, 0.2) is 0 Å². The van der Waals surface area contributed by atoms with Crippen molar-refractivity contribution in [2.24, 2.45) is 11.7 Å². The summed E-state index contributed by atoms with van der Waals surface area (Å²) in [6.07, 6.45) is 3.89. The predicted octanol–water partition coefficient (Wildman–Crippen LogP) is 0.904. The first-order valence-electron chi connectivity index (χ1n) is 7.33. The Bertz CT molecular complexity index is 722. The summed E-state index contributed by atoms with van der Waals surface area (Å²) in [6.45, 7) is 0.394. The molecule has 0 aliphatic heterocycles. The van der Waals surface area contributed by atoms with Gasteiger partial charge in [-0.3, -0.25) is 14.6 Å². The van der Waals surface area contributed by atoms with Crippen LogP contribution in [0.3, 0.4) is 0 Å². The van der Waals surface area contributed by atoms with Gasteiger partial charge in [-0.25, -0.2) is 0 Å². The second-order valence-electron chi connectivity index (χ2n) is 5.54. The molecule has 1 amide bonds. The zero-order valence-corrected chi connectivity index (χ0v) is 12.1.